The quantitative estimate of drug-likeness (QED) is 0.824. The van der Waals surface area contributed by atoms with Gasteiger partial charge in [-0.2, -0.15) is 0 Å². The molecule has 1 aliphatic heterocycles. The maximum Gasteiger partial charge on any atom is 0.321 e. The minimum atomic E-state index is -0.360. The number of hydrogen-bond donors (Lipinski definition) is 2. The predicted octanol–water partition coefficient (Wildman–Crippen LogP) is 3.85. The van der Waals surface area contributed by atoms with Crippen LogP contribution in [0.4, 0.5) is 4.79 Å². The molecule has 2 heterocycles. The summed E-state index contributed by atoms with van der Waals surface area (Å²) in [5.41, 5.74) is 2.46. The Kier molecular flexibility index (Phi) is 6.07. The van der Waals surface area contributed by atoms with Gasteiger partial charge in [-0.1, -0.05) is 49.6 Å². The molecule has 1 aromatic heterocycles. The first-order valence-electron chi connectivity index (χ1n) is 10.2. The van der Waals surface area contributed by atoms with E-state index < -0.39 is 0 Å². The van der Waals surface area contributed by atoms with Gasteiger partial charge in [0.1, 0.15) is 0 Å². The lowest BCUT2D eigenvalue weighted by molar-refractivity contribution is -0.121. The molecule has 0 saturated heterocycles. The fourth-order valence-electron chi connectivity index (χ4n) is 4.38. The number of rotatable bonds is 4. The van der Waals surface area contributed by atoms with Gasteiger partial charge < -0.3 is 5.32 Å². The number of carbonyl (C=O) groups excluding carboxylic acids is 2. The molecule has 5 nitrogen and oxygen atoms in total. The number of benzene rings is 1. The van der Waals surface area contributed by atoms with Crippen LogP contribution in [0, 0.1) is 0 Å². The van der Waals surface area contributed by atoms with Gasteiger partial charge in [0.05, 0.1) is 12.6 Å². The zero-order chi connectivity index (χ0) is 19.3. The van der Waals surface area contributed by atoms with Crippen molar-refractivity contribution in [3.8, 4) is 0 Å². The lowest BCUT2D eigenvalue weighted by atomic mass is 9.93. The molecule has 2 aromatic rings. The first-order chi connectivity index (χ1) is 13.7. The lowest BCUT2D eigenvalue weighted by Crippen LogP contribution is -2.49. The van der Waals surface area contributed by atoms with E-state index in [0.29, 0.717) is 0 Å². The molecule has 1 aliphatic carbocycles. The Hall–Kier alpha value is -2.18. The fourth-order valence-corrected chi connectivity index (χ4v) is 5.29. The van der Waals surface area contributed by atoms with Crippen molar-refractivity contribution in [1.82, 2.24) is 15.5 Å². The molecule has 1 unspecified atom stereocenters. The van der Waals surface area contributed by atoms with Crippen LogP contribution in [0.2, 0.25) is 0 Å². The van der Waals surface area contributed by atoms with E-state index in [2.05, 4.69) is 39.1 Å². The van der Waals surface area contributed by atoms with E-state index >= 15 is 0 Å². The van der Waals surface area contributed by atoms with Gasteiger partial charge in [0, 0.05) is 17.5 Å². The van der Waals surface area contributed by atoms with Gasteiger partial charge in [-0.05, 0) is 41.8 Å². The molecule has 0 radical (unpaired) electrons. The molecule has 1 fully saturated rings. The molecular weight excluding hydrogens is 370 g/mol. The number of fused-ring (bicyclic) bond motifs is 1. The third-order valence-electron chi connectivity index (χ3n) is 5.72. The highest BCUT2D eigenvalue weighted by Crippen LogP contribution is 2.37. The number of nitrogens with one attached hydrogen (secondary N) is 2. The Morgan fingerprint density at radius 2 is 1.86 bits per heavy atom. The third kappa shape index (κ3) is 4.45. The number of nitrogens with zero attached hydrogens (tertiary/aromatic N) is 1. The number of imide groups is 1. The van der Waals surface area contributed by atoms with Crippen molar-refractivity contribution in [3.05, 3.63) is 57.8 Å². The Labute approximate surface area is 170 Å². The summed E-state index contributed by atoms with van der Waals surface area (Å²) in [6.07, 6.45) is 6.48. The molecule has 148 valence electrons. The monoisotopic (exact) mass is 397 g/mol. The van der Waals surface area contributed by atoms with E-state index in [9.17, 15) is 9.59 Å². The topological polar surface area (TPSA) is 61.4 Å². The van der Waals surface area contributed by atoms with Gasteiger partial charge >= 0.3 is 6.03 Å². The molecular formula is C22H27N3O2S. The average molecular weight is 398 g/mol. The zero-order valence-electron chi connectivity index (χ0n) is 16.0. The third-order valence-corrected chi connectivity index (χ3v) is 6.72. The summed E-state index contributed by atoms with van der Waals surface area (Å²) in [5, 5.41) is 7.62. The lowest BCUT2D eigenvalue weighted by Gasteiger charge is -2.35. The molecule has 3 amide bonds. The summed E-state index contributed by atoms with van der Waals surface area (Å²) in [5.74, 6) is -0.243. The molecule has 0 bridgehead atoms. The molecule has 28 heavy (non-hydrogen) atoms. The van der Waals surface area contributed by atoms with Gasteiger partial charge in [0.15, 0.2) is 0 Å². The van der Waals surface area contributed by atoms with Crippen LogP contribution in [0.5, 0.6) is 0 Å². The molecule has 1 aromatic carbocycles. The number of thiophene rings is 1. The van der Waals surface area contributed by atoms with Crippen molar-refractivity contribution in [1.29, 1.82) is 0 Å². The van der Waals surface area contributed by atoms with Crippen molar-refractivity contribution in [2.24, 2.45) is 0 Å². The molecule has 0 spiro atoms. The van der Waals surface area contributed by atoms with E-state index in [0.717, 1.165) is 38.6 Å². The second-order valence-electron chi connectivity index (χ2n) is 7.69. The number of urea groups is 1. The van der Waals surface area contributed by atoms with Gasteiger partial charge in [-0.15, -0.1) is 11.3 Å². The van der Waals surface area contributed by atoms with Crippen LogP contribution in [0.25, 0.3) is 0 Å². The summed E-state index contributed by atoms with van der Waals surface area (Å²) in [6.45, 7) is 1.03. The first kappa shape index (κ1) is 19.2. The van der Waals surface area contributed by atoms with Crippen molar-refractivity contribution >= 4 is 23.3 Å². The summed E-state index contributed by atoms with van der Waals surface area (Å²) < 4.78 is 0. The molecule has 1 saturated carbocycles. The second-order valence-corrected chi connectivity index (χ2v) is 8.69. The van der Waals surface area contributed by atoms with Crippen LogP contribution < -0.4 is 10.6 Å². The Morgan fingerprint density at radius 1 is 1.07 bits per heavy atom. The molecule has 2 N–H and O–H groups in total. The van der Waals surface area contributed by atoms with Gasteiger partial charge in [-0.25, -0.2) is 4.79 Å². The van der Waals surface area contributed by atoms with Crippen molar-refractivity contribution in [3.63, 3.8) is 0 Å². The van der Waals surface area contributed by atoms with Crippen molar-refractivity contribution in [2.45, 2.75) is 50.6 Å². The average Bonchev–Trinajstić information content (AvgIpc) is 3.18. The van der Waals surface area contributed by atoms with Crippen molar-refractivity contribution < 1.29 is 9.59 Å². The zero-order valence-corrected chi connectivity index (χ0v) is 16.8. The van der Waals surface area contributed by atoms with Crippen LogP contribution in [-0.4, -0.2) is 36.0 Å². The van der Waals surface area contributed by atoms with Crippen LogP contribution in [0.1, 0.15) is 54.1 Å². The van der Waals surface area contributed by atoms with Gasteiger partial charge in [0.25, 0.3) is 0 Å². The maximum atomic E-state index is 12.6. The summed E-state index contributed by atoms with van der Waals surface area (Å²) in [6, 6.07) is 12.4. The second kappa shape index (κ2) is 8.88. The van der Waals surface area contributed by atoms with Gasteiger partial charge in [0.2, 0.25) is 5.91 Å². The Bertz CT molecular complexity index is 814. The Balaban J connectivity index is 1.41. The van der Waals surface area contributed by atoms with E-state index in [4.69, 9.17) is 0 Å². The summed E-state index contributed by atoms with van der Waals surface area (Å²) in [4.78, 5) is 28.4. The Morgan fingerprint density at radius 3 is 2.64 bits per heavy atom. The highest BCUT2D eigenvalue weighted by atomic mass is 32.1. The van der Waals surface area contributed by atoms with E-state index in [1.807, 2.05) is 18.2 Å². The standard InChI is InChI=1S/C22H27N3O2S/c26-20(24-22(27)23-17-9-5-2-6-10-17)15-25-13-11-19-18(12-14-28-19)21(25)16-7-3-1-4-8-16/h1,3-4,7-8,12,14,17,21H,2,5-6,9-11,13,15H2,(H2,23,24,26,27). The van der Waals surface area contributed by atoms with Crippen LogP contribution in [-0.2, 0) is 11.2 Å². The van der Waals surface area contributed by atoms with Crippen LogP contribution >= 0.6 is 11.3 Å². The van der Waals surface area contributed by atoms with E-state index in [-0.39, 0.29) is 30.6 Å². The summed E-state index contributed by atoms with van der Waals surface area (Å²) in [7, 11) is 0. The highest BCUT2D eigenvalue weighted by Gasteiger charge is 2.31. The van der Waals surface area contributed by atoms with Gasteiger partial charge in [-0.3, -0.25) is 15.0 Å². The fraction of sp³-hybridized carbons (Fsp3) is 0.455. The molecule has 1 atom stereocenters. The number of carbonyl (C=O) groups is 2. The highest BCUT2D eigenvalue weighted by molar-refractivity contribution is 7.10. The minimum absolute atomic E-state index is 0.0587. The maximum absolute atomic E-state index is 12.6. The van der Waals surface area contributed by atoms with E-state index in [1.165, 1.54) is 22.4 Å². The van der Waals surface area contributed by atoms with Crippen molar-refractivity contribution in [2.75, 3.05) is 13.1 Å². The molecule has 4 rings (SSSR count). The van der Waals surface area contributed by atoms with Crippen LogP contribution in [0.3, 0.4) is 0 Å². The van der Waals surface area contributed by atoms with Crippen LogP contribution in [0.15, 0.2) is 41.8 Å². The minimum Gasteiger partial charge on any atom is -0.335 e. The molecule has 2 aliphatic rings. The first-order valence-corrected chi connectivity index (χ1v) is 11.0. The SMILES string of the molecule is O=C(CN1CCc2sccc2C1c1ccccc1)NC(=O)NC1CCCCC1. The largest absolute Gasteiger partial charge is 0.335 e. The summed E-state index contributed by atoms with van der Waals surface area (Å²) >= 11 is 1.78. The predicted molar refractivity (Wildman–Crippen MR) is 111 cm³/mol. The number of amides is 3. The normalized spacial score (nSPS) is 20.4. The molecule has 6 heteroatoms. The number of hydrogen-bond acceptors (Lipinski definition) is 4. The van der Waals surface area contributed by atoms with E-state index in [1.54, 1.807) is 11.3 Å². The smallest absolute Gasteiger partial charge is 0.321 e.